The Balaban J connectivity index is 2.50. The lowest BCUT2D eigenvalue weighted by molar-refractivity contribution is 0.300. The van der Waals surface area contributed by atoms with Crippen molar-refractivity contribution >= 4 is 16.5 Å². The number of rotatable bonds is 7. The number of nitrogens with zero attached hydrogens (tertiary/aromatic N) is 4. The van der Waals surface area contributed by atoms with E-state index in [1.165, 1.54) is 11.5 Å². The largest absolute Gasteiger partial charge is 0.374 e. The number of hydrogen-bond donors (Lipinski definition) is 1. The molecule has 0 aliphatic carbocycles. The SMILES string of the molecule is CCCNc1snnc1CN(C)CC(C)C#N. The van der Waals surface area contributed by atoms with Crippen molar-refractivity contribution in [3.05, 3.63) is 5.69 Å². The van der Waals surface area contributed by atoms with Crippen molar-refractivity contribution in [2.24, 2.45) is 5.92 Å². The molecule has 17 heavy (non-hydrogen) atoms. The maximum absolute atomic E-state index is 8.77. The summed E-state index contributed by atoms with van der Waals surface area (Å²) in [5.74, 6) is 0.0404. The Morgan fingerprint density at radius 3 is 3.00 bits per heavy atom. The average Bonchev–Trinajstić information content (AvgIpc) is 2.73. The van der Waals surface area contributed by atoms with E-state index in [1.54, 1.807) is 0 Å². The zero-order valence-electron chi connectivity index (χ0n) is 10.6. The van der Waals surface area contributed by atoms with Gasteiger partial charge >= 0.3 is 0 Å². The summed E-state index contributed by atoms with van der Waals surface area (Å²) >= 11 is 1.39. The van der Waals surface area contributed by atoms with Gasteiger partial charge in [-0.1, -0.05) is 11.4 Å². The van der Waals surface area contributed by atoms with E-state index in [4.69, 9.17) is 5.26 Å². The molecular weight excluding hydrogens is 234 g/mol. The van der Waals surface area contributed by atoms with Gasteiger partial charge < -0.3 is 5.32 Å². The van der Waals surface area contributed by atoms with Crippen molar-refractivity contribution in [3.63, 3.8) is 0 Å². The van der Waals surface area contributed by atoms with Gasteiger partial charge in [-0.15, -0.1) is 5.10 Å². The van der Waals surface area contributed by atoms with E-state index >= 15 is 0 Å². The van der Waals surface area contributed by atoms with Crippen molar-refractivity contribution < 1.29 is 0 Å². The van der Waals surface area contributed by atoms with Crippen molar-refractivity contribution in [1.82, 2.24) is 14.5 Å². The molecule has 0 aliphatic heterocycles. The van der Waals surface area contributed by atoms with Crippen LogP contribution in [-0.4, -0.2) is 34.6 Å². The molecule has 0 aliphatic rings. The molecule has 6 heteroatoms. The van der Waals surface area contributed by atoms with Crippen molar-refractivity contribution in [2.75, 3.05) is 25.5 Å². The van der Waals surface area contributed by atoms with E-state index < -0.39 is 0 Å². The van der Waals surface area contributed by atoms with Gasteiger partial charge in [-0.3, -0.25) is 4.90 Å². The van der Waals surface area contributed by atoms with Gasteiger partial charge in [0, 0.05) is 31.2 Å². The molecular formula is C11H19N5S. The number of anilines is 1. The molecule has 1 heterocycles. The Kier molecular flexibility index (Phi) is 5.87. The fourth-order valence-electron chi connectivity index (χ4n) is 1.51. The lowest BCUT2D eigenvalue weighted by Crippen LogP contribution is -2.24. The molecule has 0 spiro atoms. The van der Waals surface area contributed by atoms with Crippen molar-refractivity contribution in [3.8, 4) is 6.07 Å². The quantitative estimate of drug-likeness (QED) is 0.804. The second kappa shape index (κ2) is 7.20. The van der Waals surface area contributed by atoms with Crippen LogP contribution in [-0.2, 0) is 6.54 Å². The monoisotopic (exact) mass is 253 g/mol. The van der Waals surface area contributed by atoms with Crippen LogP contribution in [0.4, 0.5) is 5.00 Å². The Hall–Kier alpha value is -1.19. The second-order valence-corrected chi connectivity index (χ2v) is 4.96. The Labute approximate surface area is 107 Å². The Morgan fingerprint density at radius 1 is 1.59 bits per heavy atom. The minimum Gasteiger partial charge on any atom is -0.374 e. The lowest BCUT2D eigenvalue weighted by Gasteiger charge is -2.16. The zero-order chi connectivity index (χ0) is 12.7. The van der Waals surface area contributed by atoms with Gasteiger partial charge in [-0.25, -0.2) is 0 Å². The van der Waals surface area contributed by atoms with Gasteiger partial charge in [0.15, 0.2) is 0 Å². The molecule has 0 amide bonds. The van der Waals surface area contributed by atoms with Gasteiger partial charge in [0.05, 0.1) is 12.0 Å². The van der Waals surface area contributed by atoms with Gasteiger partial charge in [-0.05, 0) is 20.4 Å². The van der Waals surface area contributed by atoms with Gasteiger partial charge in [-0.2, -0.15) is 5.26 Å². The summed E-state index contributed by atoms with van der Waals surface area (Å²) in [7, 11) is 2.00. The molecule has 1 aromatic rings. The molecule has 1 rings (SSSR count). The van der Waals surface area contributed by atoms with Gasteiger partial charge in [0.1, 0.15) is 10.7 Å². The van der Waals surface area contributed by atoms with Crippen LogP contribution in [0.25, 0.3) is 0 Å². The highest BCUT2D eigenvalue weighted by Gasteiger charge is 2.11. The molecule has 0 radical (unpaired) electrons. The summed E-state index contributed by atoms with van der Waals surface area (Å²) < 4.78 is 3.96. The van der Waals surface area contributed by atoms with Crippen LogP contribution in [0.15, 0.2) is 0 Å². The van der Waals surface area contributed by atoms with E-state index in [1.807, 2.05) is 14.0 Å². The van der Waals surface area contributed by atoms with E-state index in [9.17, 15) is 0 Å². The van der Waals surface area contributed by atoms with Crippen LogP contribution in [0.5, 0.6) is 0 Å². The van der Waals surface area contributed by atoms with Crippen LogP contribution in [0.3, 0.4) is 0 Å². The average molecular weight is 253 g/mol. The van der Waals surface area contributed by atoms with Crippen LogP contribution in [0, 0.1) is 17.2 Å². The molecule has 94 valence electrons. The van der Waals surface area contributed by atoms with Crippen LogP contribution in [0.1, 0.15) is 26.0 Å². The maximum Gasteiger partial charge on any atom is 0.134 e. The van der Waals surface area contributed by atoms with Gasteiger partial charge in [0.25, 0.3) is 0 Å². The lowest BCUT2D eigenvalue weighted by atomic mass is 10.2. The first-order chi connectivity index (χ1) is 8.17. The van der Waals surface area contributed by atoms with E-state index in [2.05, 4.69) is 32.8 Å². The highest BCUT2D eigenvalue weighted by Crippen LogP contribution is 2.19. The van der Waals surface area contributed by atoms with E-state index in [0.29, 0.717) is 0 Å². The number of aromatic nitrogens is 2. The fraction of sp³-hybridized carbons (Fsp3) is 0.727. The third-order valence-electron chi connectivity index (χ3n) is 2.32. The Morgan fingerprint density at radius 2 is 2.35 bits per heavy atom. The summed E-state index contributed by atoms with van der Waals surface area (Å²) in [6.07, 6.45) is 1.08. The van der Waals surface area contributed by atoms with Crippen molar-refractivity contribution in [1.29, 1.82) is 5.26 Å². The highest BCUT2D eigenvalue weighted by atomic mass is 32.1. The first kappa shape index (κ1) is 13.9. The number of nitrogens with one attached hydrogen (secondary N) is 1. The number of nitriles is 1. The van der Waals surface area contributed by atoms with E-state index in [0.717, 1.165) is 36.8 Å². The van der Waals surface area contributed by atoms with E-state index in [-0.39, 0.29) is 5.92 Å². The summed E-state index contributed by atoms with van der Waals surface area (Å²) in [4.78, 5) is 2.10. The molecule has 0 saturated heterocycles. The predicted molar refractivity (Wildman–Crippen MR) is 69.8 cm³/mol. The molecule has 0 aromatic carbocycles. The normalized spacial score (nSPS) is 12.4. The zero-order valence-corrected chi connectivity index (χ0v) is 11.4. The molecule has 1 aromatic heterocycles. The van der Waals surface area contributed by atoms with Gasteiger partial charge in [0.2, 0.25) is 0 Å². The van der Waals surface area contributed by atoms with Crippen molar-refractivity contribution in [2.45, 2.75) is 26.8 Å². The maximum atomic E-state index is 8.77. The molecule has 1 N–H and O–H groups in total. The Bertz CT molecular complexity index is 370. The minimum atomic E-state index is 0.0404. The second-order valence-electron chi connectivity index (χ2n) is 4.20. The fourth-order valence-corrected chi connectivity index (χ4v) is 2.11. The molecule has 1 unspecified atom stereocenters. The summed E-state index contributed by atoms with van der Waals surface area (Å²) in [5.41, 5.74) is 0.969. The van der Waals surface area contributed by atoms with Crippen LogP contribution < -0.4 is 5.32 Å². The smallest absolute Gasteiger partial charge is 0.134 e. The third kappa shape index (κ3) is 4.67. The van der Waals surface area contributed by atoms with Crippen LogP contribution in [0.2, 0.25) is 0 Å². The summed E-state index contributed by atoms with van der Waals surface area (Å²) in [5, 5.41) is 17.3. The molecule has 0 saturated carbocycles. The highest BCUT2D eigenvalue weighted by molar-refractivity contribution is 7.10. The molecule has 0 fully saturated rings. The standard InChI is InChI=1S/C11H19N5S/c1-4-5-13-11-10(14-15-17-11)8-16(3)7-9(2)6-12/h9,13H,4-5,7-8H2,1-3H3. The molecule has 1 atom stereocenters. The third-order valence-corrected chi connectivity index (χ3v) is 3.04. The molecule has 5 nitrogen and oxygen atoms in total. The first-order valence-corrected chi connectivity index (χ1v) is 6.58. The topological polar surface area (TPSA) is 64.8 Å². The predicted octanol–water partition coefficient (Wildman–Crippen LogP) is 1.95. The summed E-state index contributed by atoms with van der Waals surface area (Å²) in [6.45, 7) is 6.47. The summed E-state index contributed by atoms with van der Waals surface area (Å²) in [6, 6.07) is 2.23. The first-order valence-electron chi connectivity index (χ1n) is 5.80. The number of hydrogen-bond acceptors (Lipinski definition) is 6. The van der Waals surface area contributed by atoms with Crippen LogP contribution >= 0.6 is 11.5 Å². The molecule has 0 bridgehead atoms. The minimum absolute atomic E-state index is 0.0404.